The number of aromatic nitrogens is 1. The molecule has 1 aromatic rings. The van der Waals surface area contributed by atoms with Crippen LogP contribution >= 0.6 is 15.9 Å². The van der Waals surface area contributed by atoms with Gasteiger partial charge >= 0.3 is 0 Å². The van der Waals surface area contributed by atoms with Crippen LogP contribution in [0.3, 0.4) is 0 Å². The summed E-state index contributed by atoms with van der Waals surface area (Å²) in [6.45, 7) is 1.95. The summed E-state index contributed by atoms with van der Waals surface area (Å²) >= 11 is 3.23. The quantitative estimate of drug-likeness (QED) is 0.636. The van der Waals surface area contributed by atoms with E-state index in [4.69, 9.17) is 0 Å². The lowest BCUT2D eigenvalue weighted by Gasteiger charge is -2.14. The van der Waals surface area contributed by atoms with E-state index in [9.17, 15) is 14.3 Å². The van der Waals surface area contributed by atoms with Crippen LogP contribution in [-0.2, 0) is 10.8 Å². The van der Waals surface area contributed by atoms with E-state index in [-0.39, 0.29) is 11.7 Å². The number of halogens is 1. The summed E-state index contributed by atoms with van der Waals surface area (Å²) < 4.78 is 11.5. The molecule has 1 N–H and O–H groups in total. The lowest BCUT2D eigenvalue weighted by molar-refractivity contribution is -0.385. The van der Waals surface area contributed by atoms with Crippen molar-refractivity contribution in [3.05, 3.63) is 26.9 Å². The van der Waals surface area contributed by atoms with Crippen molar-refractivity contribution in [2.24, 2.45) is 0 Å². The minimum Gasteiger partial charge on any atom is -0.367 e. The number of nitro groups is 1. The lowest BCUT2D eigenvalue weighted by atomic mass is 10.2. The Morgan fingerprint density at radius 3 is 2.83 bits per heavy atom. The fourth-order valence-corrected chi connectivity index (χ4v) is 2.42. The third-order valence-electron chi connectivity index (χ3n) is 2.26. The zero-order valence-electron chi connectivity index (χ0n) is 10.1. The maximum Gasteiger partial charge on any atom is 0.288 e. The molecule has 100 valence electrons. The number of anilines is 1. The second kappa shape index (κ2) is 6.79. The molecular formula is C10H14BrN3O3S. The van der Waals surface area contributed by atoms with Gasteiger partial charge in [0.2, 0.25) is 0 Å². The second-order valence-corrected chi connectivity index (χ2v) is 6.30. The number of nitrogens with zero attached hydrogens (tertiary/aromatic N) is 2. The van der Waals surface area contributed by atoms with E-state index in [1.54, 1.807) is 6.26 Å². The fourth-order valence-electron chi connectivity index (χ4n) is 1.28. The van der Waals surface area contributed by atoms with Gasteiger partial charge in [0, 0.05) is 34.9 Å². The average Bonchev–Trinajstić information content (AvgIpc) is 2.29. The van der Waals surface area contributed by atoms with Crippen LogP contribution < -0.4 is 5.32 Å². The maximum absolute atomic E-state index is 11.0. The summed E-state index contributed by atoms with van der Waals surface area (Å²) in [6.07, 6.45) is 3.61. The highest BCUT2D eigenvalue weighted by Crippen LogP contribution is 2.25. The highest BCUT2D eigenvalue weighted by molar-refractivity contribution is 9.10. The van der Waals surface area contributed by atoms with Crippen LogP contribution in [-0.4, -0.2) is 32.2 Å². The topological polar surface area (TPSA) is 85.1 Å². The minimum atomic E-state index is -0.821. The van der Waals surface area contributed by atoms with Crippen molar-refractivity contribution in [2.45, 2.75) is 19.4 Å². The number of hydrogen-bond donors (Lipinski definition) is 1. The van der Waals surface area contributed by atoms with E-state index in [0.29, 0.717) is 16.0 Å². The zero-order chi connectivity index (χ0) is 13.7. The van der Waals surface area contributed by atoms with Crippen LogP contribution in [0.1, 0.15) is 13.3 Å². The van der Waals surface area contributed by atoms with Crippen molar-refractivity contribution in [2.75, 3.05) is 17.3 Å². The molecule has 1 aromatic heterocycles. The smallest absolute Gasteiger partial charge is 0.288 e. The van der Waals surface area contributed by atoms with Gasteiger partial charge in [-0.15, -0.1) is 0 Å². The molecule has 0 fully saturated rings. The summed E-state index contributed by atoms with van der Waals surface area (Å²) in [4.78, 5) is 14.1. The predicted molar refractivity (Wildman–Crippen MR) is 75.2 cm³/mol. The Kier molecular flexibility index (Phi) is 5.67. The second-order valence-electron chi connectivity index (χ2n) is 3.89. The Balaban J connectivity index is 2.67. The highest BCUT2D eigenvalue weighted by Gasteiger charge is 2.12. The first-order chi connectivity index (χ1) is 8.40. The first-order valence-electron chi connectivity index (χ1n) is 5.26. The Bertz CT molecular complexity index is 470. The van der Waals surface area contributed by atoms with E-state index < -0.39 is 15.7 Å². The maximum atomic E-state index is 11.0. The average molecular weight is 336 g/mol. The summed E-state index contributed by atoms with van der Waals surface area (Å²) in [5, 5.41) is 13.7. The van der Waals surface area contributed by atoms with Crippen molar-refractivity contribution in [1.82, 2.24) is 4.98 Å². The van der Waals surface area contributed by atoms with Crippen molar-refractivity contribution in [1.29, 1.82) is 0 Å². The molecule has 0 spiro atoms. The van der Waals surface area contributed by atoms with E-state index in [1.807, 2.05) is 6.92 Å². The van der Waals surface area contributed by atoms with Crippen molar-refractivity contribution >= 4 is 38.2 Å². The van der Waals surface area contributed by atoms with E-state index in [1.165, 1.54) is 12.3 Å². The van der Waals surface area contributed by atoms with Crippen LogP contribution in [0, 0.1) is 10.1 Å². The predicted octanol–water partition coefficient (Wildman–Crippen LogP) is 2.32. The van der Waals surface area contributed by atoms with Crippen molar-refractivity contribution < 1.29 is 9.13 Å². The first kappa shape index (κ1) is 15.0. The highest BCUT2D eigenvalue weighted by atomic mass is 79.9. The van der Waals surface area contributed by atoms with Crippen LogP contribution in [0.5, 0.6) is 0 Å². The fraction of sp³-hybridized carbons (Fsp3) is 0.500. The molecule has 18 heavy (non-hydrogen) atoms. The van der Waals surface area contributed by atoms with Gasteiger partial charge in [-0.3, -0.25) is 14.3 Å². The molecule has 1 rings (SSSR count). The lowest BCUT2D eigenvalue weighted by Crippen LogP contribution is -2.19. The Labute approximate surface area is 116 Å². The van der Waals surface area contributed by atoms with Gasteiger partial charge < -0.3 is 5.32 Å². The summed E-state index contributed by atoms with van der Waals surface area (Å²) in [5.74, 6) is 1.16. The standard InChI is InChI=1S/C10H14BrN3O3S/c1-7(3-4-18(2)17)13-10-9(11)5-8(6-12-10)14(15)16/h5-7H,3-4H2,1-2H3,(H,12,13). The molecular weight excluding hydrogens is 322 g/mol. The molecule has 0 saturated carbocycles. The zero-order valence-corrected chi connectivity index (χ0v) is 12.5. The number of nitrogens with one attached hydrogen (secondary N) is 1. The molecule has 0 radical (unpaired) electrons. The third-order valence-corrected chi connectivity index (χ3v) is 3.67. The molecule has 6 nitrogen and oxygen atoms in total. The summed E-state index contributed by atoms with van der Waals surface area (Å²) in [5.41, 5.74) is -0.0604. The number of rotatable bonds is 6. The molecule has 0 saturated heterocycles. The van der Waals surface area contributed by atoms with Crippen LogP contribution in [0.2, 0.25) is 0 Å². The third kappa shape index (κ3) is 4.69. The van der Waals surface area contributed by atoms with Crippen molar-refractivity contribution in [3.63, 3.8) is 0 Å². The molecule has 0 aliphatic heterocycles. The molecule has 0 bridgehead atoms. The monoisotopic (exact) mass is 335 g/mol. The van der Waals surface area contributed by atoms with E-state index in [0.717, 1.165) is 6.42 Å². The first-order valence-corrected chi connectivity index (χ1v) is 7.78. The van der Waals surface area contributed by atoms with E-state index >= 15 is 0 Å². The van der Waals surface area contributed by atoms with Gasteiger partial charge in [-0.2, -0.15) is 0 Å². The molecule has 8 heteroatoms. The number of pyridine rings is 1. The molecule has 2 unspecified atom stereocenters. The van der Waals surface area contributed by atoms with Gasteiger partial charge in [0.1, 0.15) is 12.0 Å². The SMILES string of the molecule is CC(CCS(C)=O)Nc1ncc([N+](=O)[O-])cc1Br. The van der Waals surface area contributed by atoms with Gasteiger partial charge in [-0.1, -0.05) is 0 Å². The molecule has 0 aliphatic carbocycles. The van der Waals surface area contributed by atoms with Crippen LogP contribution in [0.15, 0.2) is 16.7 Å². The Morgan fingerprint density at radius 2 is 2.33 bits per heavy atom. The van der Waals surface area contributed by atoms with Crippen LogP contribution in [0.25, 0.3) is 0 Å². The van der Waals surface area contributed by atoms with Crippen molar-refractivity contribution in [3.8, 4) is 0 Å². The Hall–Kier alpha value is -1.02. The summed E-state index contributed by atoms with van der Waals surface area (Å²) in [7, 11) is -0.821. The molecule has 1 heterocycles. The largest absolute Gasteiger partial charge is 0.367 e. The molecule has 2 atom stereocenters. The van der Waals surface area contributed by atoms with E-state index in [2.05, 4.69) is 26.2 Å². The number of hydrogen-bond acceptors (Lipinski definition) is 5. The minimum absolute atomic E-state index is 0.0604. The van der Waals surface area contributed by atoms with Gasteiger partial charge in [0.05, 0.1) is 9.40 Å². The van der Waals surface area contributed by atoms with Gasteiger partial charge in [0.15, 0.2) is 0 Å². The molecule has 0 amide bonds. The van der Waals surface area contributed by atoms with Gasteiger partial charge in [-0.25, -0.2) is 4.98 Å². The summed E-state index contributed by atoms with van der Waals surface area (Å²) in [6, 6.07) is 1.50. The normalized spacial score (nSPS) is 13.9. The molecule has 0 aliphatic rings. The molecule has 0 aromatic carbocycles. The Morgan fingerprint density at radius 1 is 1.67 bits per heavy atom. The van der Waals surface area contributed by atoms with Gasteiger partial charge in [0.25, 0.3) is 5.69 Å². The van der Waals surface area contributed by atoms with Gasteiger partial charge in [-0.05, 0) is 29.3 Å². The van der Waals surface area contributed by atoms with Crippen LogP contribution in [0.4, 0.5) is 11.5 Å².